The van der Waals surface area contributed by atoms with E-state index in [2.05, 4.69) is 55.7 Å². The molecule has 2 unspecified atom stereocenters. The Morgan fingerprint density at radius 2 is 1.11 bits per heavy atom. The monoisotopic (exact) mass is 648 g/mol. The van der Waals surface area contributed by atoms with Crippen LogP contribution in [0.2, 0.25) is 0 Å². The van der Waals surface area contributed by atoms with E-state index in [4.69, 9.17) is 9.47 Å². The zero-order valence-electron chi connectivity index (χ0n) is 23.0. The molecule has 2 N–H and O–H groups in total. The first kappa shape index (κ1) is 31.6. The molecule has 206 valence electrons. The van der Waals surface area contributed by atoms with Gasteiger partial charge in [-0.15, -0.1) is 0 Å². The Hall–Kier alpha value is -2.58. The maximum absolute atomic E-state index is 12.5. The number of nitrogens with one attached hydrogen (secondary N) is 2. The van der Waals surface area contributed by atoms with E-state index in [-0.39, 0.29) is 22.9 Å². The van der Waals surface area contributed by atoms with E-state index in [0.717, 1.165) is 33.4 Å². The minimum atomic E-state index is -0.643. The number of allylic oxidation sites excluding steroid dienone is 2. The highest BCUT2D eigenvalue weighted by Crippen LogP contribution is 2.25. The van der Waals surface area contributed by atoms with E-state index in [9.17, 15) is 9.59 Å². The number of carbonyl (C=O) groups is 2. The number of hydrogen-bond donors (Lipinski definition) is 2. The summed E-state index contributed by atoms with van der Waals surface area (Å²) in [6.07, 6.45) is -1.09. The van der Waals surface area contributed by atoms with Gasteiger partial charge in [0.25, 0.3) is 0 Å². The number of alkyl carbamates (subject to hydrolysis) is 2. The molecule has 0 fully saturated rings. The molecule has 2 amide bonds. The highest BCUT2D eigenvalue weighted by Gasteiger charge is 2.27. The fourth-order valence-electron chi connectivity index (χ4n) is 3.59. The van der Waals surface area contributed by atoms with E-state index in [1.54, 1.807) is 0 Å². The van der Waals surface area contributed by atoms with Crippen LogP contribution in [0.4, 0.5) is 9.59 Å². The van der Waals surface area contributed by atoms with Gasteiger partial charge < -0.3 is 20.1 Å². The zero-order chi connectivity index (χ0) is 28.7. The Morgan fingerprint density at radius 3 is 1.42 bits per heavy atom. The Labute approximate surface area is 243 Å². The number of ether oxygens (including phenoxy) is 2. The Morgan fingerprint density at radius 1 is 0.763 bits per heavy atom. The first-order chi connectivity index (χ1) is 17.6. The zero-order valence-corrected chi connectivity index (χ0v) is 26.2. The van der Waals surface area contributed by atoms with Crippen LogP contribution >= 0.6 is 31.9 Å². The summed E-state index contributed by atoms with van der Waals surface area (Å²) in [5, 5.41) is 5.82. The van der Waals surface area contributed by atoms with Crippen molar-refractivity contribution >= 4 is 55.2 Å². The van der Waals surface area contributed by atoms with Crippen molar-refractivity contribution in [3.05, 3.63) is 83.9 Å². The predicted octanol–water partition coefficient (Wildman–Crippen LogP) is 7.90. The minimum Gasteiger partial charge on any atom is -0.448 e. The minimum absolute atomic E-state index is 0.0772. The fraction of sp³-hybridized carbons (Fsp3) is 0.400. The maximum Gasteiger partial charge on any atom is 0.407 e. The van der Waals surface area contributed by atoms with Gasteiger partial charge in [-0.05, 0) is 75.9 Å². The van der Waals surface area contributed by atoms with Crippen LogP contribution in [0.15, 0.2) is 61.7 Å². The molecule has 6 nitrogen and oxygen atoms in total. The van der Waals surface area contributed by atoms with Crippen molar-refractivity contribution in [1.82, 2.24) is 10.6 Å². The summed E-state index contributed by atoms with van der Waals surface area (Å²) >= 11 is 7.02. The van der Waals surface area contributed by atoms with E-state index < -0.39 is 23.3 Å². The highest BCUT2D eigenvalue weighted by molar-refractivity contribution is 9.12. The second-order valence-corrected chi connectivity index (χ2v) is 12.8. The molecule has 2 aromatic carbocycles. The fourth-order valence-corrected chi connectivity index (χ4v) is 4.16. The van der Waals surface area contributed by atoms with Gasteiger partial charge in [0.05, 0.1) is 20.7 Å². The van der Waals surface area contributed by atoms with Crippen molar-refractivity contribution < 1.29 is 19.1 Å². The van der Waals surface area contributed by atoms with Crippen molar-refractivity contribution in [1.29, 1.82) is 0 Å². The first-order valence-electron chi connectivity index (χ1n) is 12.3. The van der Waals surface area contributed by atoms with Gasteiger partial charge in [-0.25, -0.2) is 9.59 Å². The second-order valence-electron chi connectivity index (χ2n) is 10.5. The van der Waals surface area contributed by atoms with Gasteiger partial charge in [0.2, 0.25) is 0 Å². The number of carbonyl (C=O) groups excluding carboxylic acids is 2. The summed E-state index contributed by atoms with van der Waals surface area (Å²) in [6.45, 7) is 19.6. The van der Waals surface area contributed by atoms with E-state index in [1.165, 1.54) is 0 Å². The molecular formula is C30H38Br2N2O4. The van der Waals surface area contributed by atoms with Gasteiger partial charge in [0.15, 0.2) is 0 Å². The average Bonchev–Trinajstić information content (AvgIpc) is 2.85. The second kappa shape index (κ2) is 13.5. The highest BCUT2D eigenvalue weighted by atomic mass is 79.9. The number of alkyl halides is 2. The first-order valence-corrected chi connectivity index (χ1v) is 14.2. The molecule has 0 aliphatic rings. The number of hydrogen-bond acceptors (Lipinski definition) is 4. The lowest BCUT2D eigenvalue weighted by Gasteiger charge is -2.28. The third-order valence-corrected chi connectivity index (χ3v) is 8.64. The summed E-state index contributed by atoms with van der Waals surface area (Å²) in [4.78, 5) is 24.5. The van der Waals surface area contributed by atoms with Gasteiger partial charge >= 0.3 is 12.2 Å². The Bertz CT molecular complexity index is 1080. The third-order valence-electron chi connectivity index (χ3n) is 6.12. The number of benzene rings is 2. The summed E-state index contributed by atoms with van der Waals surface area (Å²) in [5.74, 6) is 0. The van der Waals surface area contributed by atoms with Crippen LogP contribution in [0.25, 0.3) is 11.1 Å². The summed E-state index contributed by atoms with van der Waals surface area (Å²) < 4.78 is 10.9. The van der Waals surface area contributed by atoms with Crippen LogP contribution in [0, 0.1) is 0 Å². The normalized spacial score (nSPS) is 13.2. The van der Waals surface area contributed by atoms with E-state index in [1.807, 2.05) is 90.1 Å². The topological polar surface area (TPSA) is 76.7 Å². The summed E-state index contributed by atoms with van der Waals surface area (Å²) in [7, 11) is 0. The molecule has 2 rings (SSSR count). The summed E-state index contributed by atoms with van der Waals surface area (Å²) in [5.41, 5.74) is 4.53. The van der Waals surface area contributed by atoms with Crippen LogP contribution in [0.1, 0.15) is 63.8 Å². The third kappa shape index (κ3) is 9.31. The summed E-state index contributed by atoms with van der Waals surface area (Å²) in [6, 6.07) is 15.8. The van der Waals surface area contributed by atoms with Crippen LogP contribution in [-0.4, -0.2) is 35.1 Å². The lowest BCUT2D eigenvalue weighted by atomic mass is 9.92. The SMILES string of the molecule is C=C(C)c1cccc(C(C)(C)NC(=O)OCC(Br)C(Br)COC(=O)NC(C)(C)c2cccc(C(=C)C)c2)c1. The van der Waals surface area contributed by atoms with Crippen LogP contribution in [0.3, 0.4) is 0 Å². The standard InChI is InChI=1S/C30H38Br2N2O4/c1-19(2)21-11-9-13-23(15-21)29(5,6)33-27(35)37-17-25(31)26(32)18-38-28(36)34-30(7,8)24-14-10-12-22(16-24)20(3)4/h9-16,25-26H,1,3,17-18H2,2,4-8H3,(H,33,35)(H,34,36). The average molecular weight is 650 g/mol. The lowest BCUT2D eigenvalue weighted by molar-refractivity contribution is 0.123. The number of rotatable bonds is 11. The molecule has 2 atom stereocenters. The van der Waals surface area contributed by atoms with Crippen molar-refractivity contribution in [3.63, 3.8) is 0 Å². The molecule has 0 aliphatic heterocycles. The van der Waals surface area contributed by atoms with Crippen molar-refractivity contribution in [2.24, 2.45) is 0 Å². The van der Waals surface area contributed by atoms with Gasteiger partial charge in [-0.3, -0.25) is 0 Å². The molecular weight excluding hydrogens is 612 g/mol. The molecule has 0 radical (unpaired) electrons. The molecule has 0 spiro atoms. The van der Waals surface area contributed by atoms with Gasteiger partial charge in [-0.2, -0.15) is 0 Å². The molecule has 2 aromatic rings. The smallest absolute Gasteiger partial charge is 0.407 e. The van der Waals surface area contributed by atoms with E-state index >= 15 is 0 Å². The van der Waals surface area contributed by atoms with Crippen molar-refractivity contribution in [3.8, 4) is 0 Å². The molecule has 38 heavy (non-hydrogen) atoms. The van der Waals surface area contributed by atoms with Crippen LogP contribution < -0.4 is 10.6 Å². The molecule has 0 bridgehead atoms. The van der Waals surface area contributed by atoms with Gasteiger partial charge in [0, 0.05) is 0 Å². The molecule has 0 heterocycles. The molecule has 0 saturated carbocycles. The molecule has 0 saturated heterocycles. The van der Waals surface area contributed by atoms with Gasteiger partial charge in [0.1, 0.15) is 13.2 Å². The Balaban J connectivity index is 1.83. The Kier molecular flexibility index (Phi) is 11.2. The number of halogens is 2. The van der Waals surface area contributed by atoms with E-state index in [0.29, 0.717) is 0 Å². The van der Waals surface area contributed by atoms with Crippen molar-refractivity contribution in [2.45, 2.75) is 62.3 Å². The van der Waals surface area contributed by atoms with Crippen LogP contribution in [-0.2, 0) is 20.6 Å². The molecule has 0 aromatic heterocycles. The maximum atomic E-state index is 12.5. The van der Waals surface area contributed by atoms with Crippen LogP contribution in [0.5, 0.6) is 0 Å². The quantitative estimate of drug-likeness (QED) is 0.243. The molecule has 8 heteroatoms. The van der Waals surface area contributed by atoms with Gasteiger partial charge in [-0.1, -0.05) is 92.6 Å². The largest absolute Gasteiger partial charge is 0.448 e. The van der Waals surface area contributed by atoms with Crippen molar-refractivity contribution in [2.75, 3.05) is 13.2 Å². The number of amides is 2. The predicted molar refractivity (Wildman–Crippen MR) is 163 cm³/mol. The lowest BCUT2D eigenvalue weighted by Crippen LogP contribution is -2.43. The molecule has 0 aliphatic carbocycles.